The zero-order valence-electron chi connectivity index (χ0n) is 14.4. The van der Waals surface area contributed by atoms with Crippen molar-refractivity contribution in [1.82, 2.24) is 14.8 Å². The van der Waals surface area contributed by atoms with Crippen molar-refractivity contribution in [2.45, 2.75) is 23.5 Å². The minimum atomic E-state index is -4.51. The smallest absolute Gasteiger partial charge is 0.369 e. The SMILES string of the molecule is C[C@H](Sc1nnc(-c2ccccc2Cl)n1-c1cccc(C(F)(F)F)c1)C(N)=O. The van der Waals surface area contributed by atoms with Crippen LogP contribution in [0.2, 0.25) is 5.02 Å². The second kappa shape index (κ2) is 7.84. The van der Waals surface area contributed by atoms with Crippen molar-refractivity contribution in [2.24, 2.45) is 5.73 Å². The fourth-order valence-corrected chi connectivity index (χ4v) is 3.47. The highest BCUT2D eigenvalue weighted by molar-refractivity contribution is 8.00. The molecule has 3 rings (SSSR count). The van der Waals surface area contributed by atoms with Gasteiger partial charge in [0.1, 0.15) is 0 Å². The second-order valence-electron chi connectivity index (χ2n) is 5.83. The third-order valence-electron chi connectivity index (χ3n) is 3.86. The van der Waals surface area contributed by atoms with Gasteiger partial charge in [0.2, 0.25) is 5.91 Å². The van der Waals surface area contributed by atoms with Crippen molar-refractivity contribution in [3.8, 4) is 17.1 Å². The summed E-state index contributed by atoms with van der Waals surface area (Å²) in [5.41, 5.74) is 5.17. The number of hydrogen-bond acceptors (Lipinski definition) is 4. The predicted molar refractivity (Wildman–Crippen MR) is 101 cm³/mol. The third-order valence-corrected chi connectivity index (χ3v) is 5.25. The Labute approximate surface area is 167 Å². The molecule has 1 amide bonds. The normalized spacial score (nSPS) is 12.8. The zero-order valence-corrected chi connectivity index (χ0v) is 16.0. The summed E-state index contributed by atoms with van der Waals surface area (Å²) in [6.07, 6.45) is -4.51. The van der Waals surface area contributed by atoms with Gasteiger partial charge >= 0.3 is 6.18 Å². The lowest BCUT2D eigenvalue weighted by Gasteiger charge is -2.14. The molecule has 146 valence electrons. The van der Waals surface area contributed by atoms with Crippen LogP contribution in [-0.2, 0) is 11.0 Å². The van der Waals surface area contributed by atoms with Crippen molar-refractivity contribution < 1.29 is 18.0 Å². The van der Waals surface area contributed by atoms with Crippen LogP contribution in [0.15, 0.2) is 53.7 Å². The maximum Gasteiger partial charge on any atom is 0.416 e. The Kier molecular flexibility index (Phi) is 5.66. The van der Waals surface area contributed by atoms with E-state index in [0.717, 1.165) is 23.9 Å². The summed E-state index contributed by atoms with van der Waals surface area (Å²) in [7, 11) is 0. The van der Waals surface area contributed by atoms with Gasteiger partial charge in [0.05, 0.1) is 21.5 Å². The Morgan fingerprint density at radius 2 is 1.89 bits per heavy atom. The Morgan fingerprint density at radius 1 is 1.18 bits per heavy atom. The topological polar surface area (TPSA) is 73.8 Å². The molecule has 28 heavy (non-hydrogen) atoms. The summed E-state index contributed by atoms with van der Waals surface area (Å²) in [6.45, 7) is 1.58. The summed E-state index contributed by atoms with van der Waals surface area (Å²) in [6, 6.07) is 11.5. The molecule has 1 aromatic heterocycles. The molecule has 0 bridgehead atoms. The van der Waals surface area contributed by atoms with E-state index >= 15 is 0 Å². The summed E-state index contributed by atoms with van der Waals surface area (Å²) >= 11 is 7.24. The molecule has 0 saturated carbocycles. The molecule has 0 radical (unpaired) electrons. The number of primary amides is 1. The van der Waals surface area contributed by atoms with Gasteiger partial charge in [0, 0.05) is 5.56 Å². The lowest BCUT2D eigenvalue weighted by Crippen LogP contribution is -2.23. The fourth-order valence-electron chi connectivity index (χ4n) is 2.43. The predicted octanol–water partition coefficient (Wildman–Crippen LogP) is 4.57. The number of carbonyl (C=O) groups is 1. The van der Waals surface area contributed by atoms with Gasteiger partial charge in [0.25, 0.3) is 0 Å². The van der Waals surface area contributed by atoms with Gasteiger partial charge in [-0.05, 0) is 37.3 Å². The standard InChI is InChI=1S/C18H14ClF3N4OS/c1-10(15(23)27)28-17-25-24-16(13-7-2-3-8-14(13)19)26(17)12-6-4-5-11(9-12)18(20,21)22/h2-10H,1H3,(H2,23,27)/t10-/m0/s1. The summed E-state index contributed by atoms with van der Waals surface area (Å²) in [5, 5.41) is 8.08. The van der Waals surface area contributed by atoms with Crippen LogP contribution in [0.25, 0.3) is 17.1 Å². The van der Waals surface area contributed by atoms with Crippen LogP contribution in [0.4, 0.5) is 13.2 Å². The van der Waals surface area contributed by atoms with E-state index in [9.17, 15) is 18.0 Å². The molecular formula is C18H14ClF3N4OS. The Hall–Kier alpha value is -2.52. The van der Waals surface area contributed by atoms with Crippen molar-refractivity contribution in [2.75, 3.05) is 0 Å². The first kappa shape index (κ1) is 20.2. The lowest BCUT2D eigenvalue weighted by atomic mass is 10.1. The number of carbonyl (C=O) groups excluding carboxylic acids is 1. The average Bonchev–Trinajstić information content (AvgIpc) is 3.04. The van der Waals surface area contributed by atoms with E-state index in [1.165, 1.54) is 16.7 Å². The Balaban J connectivity index is 2.20. The first-order chi connectivity index (χ1) is 13.2. The van der Waals surface area contributed by atoms with E-state index in [1.54, 1.807) is 31.2 Å². The molecule has 3 aromatic rings. The van der Waals surface area contributed by atoms with Gasteiger partial charge in [0.15, 0.2) is 11.0 Å². The van der Waals surface area contributed by atoms with E-state index in [4.69, 9.17) is 17.3 Å². The van der Waals surface area contributed by atoms with Crippen molar-refractivity contribution in [1.29, 1.82) is 0 Å². The summed E-state index contributed by atoms with van der Waals surface area (Å²) < 4.78 is 41.0. The highest BCUT2D eigenvalue weighted by atomic mass is 35.5. The van der Waals surface area contributed by atoms with Crippen LogP contribution < -0.4 is 5.73 Å². The van der Waals surface area contributed by atoms with Crippen LogP contribution >= 0.6 is 23.4 Å². The van der Waals surface area contributed by atoms with Gasteiger partial charge in [-0.15, -0.1) is 10.2 Å². The number of benzene rings is 2. The van der Waals surface area contributed by atoms with E-state index in [2.05, 4.69) is 10.2 Å². The third kappa shape index (κ3) is 4.15. The molecule has 0 aliphatic heterocycles. The zero-order chi connectivity index (χ0) is 20.5. The molecule has 2 N–H and O–H groups in total. The number of thioether (sulfide) groups is 1. The number of halogens is 4. The van der Waals surface area contributed by atoms with Crippen LogP contribution in [0.3, 0.4) is 0 Å². The van der Waals surface area contributed by atoms with Gasteiger partial charge in [-0.3, -0.25) is 9.36 Å². The van der Waals surface area contributed by atoms with Crippen molar-refractivity contribution in [3.05, 3.63) is 59.1 Å². The molecule has 0 aliphatic carbocycles. The van der Waals surface area contributed by atoms with Gasteiger partial charge in [-0.2, -0.15) is 13.2 Å². The van der Waals surface area contributed by atoms with Crippen LogP contribution in [0.1, 0.15) is 12.5 Å². The lowest BCUT2D eigenvalue weighted by molar-refractivity contribution is -0.137. The number of amides is 1. The van der Waals surface area contributed by atoms with E-state index in [-0.39, 0.29) is 16.7 Å². The Bertz CT molecular complexity index is 1020. The molecule has 0 aliphatic rings. The minimum absolute atomic E-state index is 0.189. The van der Waals surface area contributed by atoms with E-state index < -0.39 is 22.9 Å². The van der Waals surface area contributed by atoms with Gasteiger partial charge < -0.3 is 5.73 Å². The maximum absolute atomic E-state index is 13.2. The van der Waals surface area contributed by atoms with E-state index in [0.29, 0.717) is 10.6 Å². The fraction of sp³-hybridized carbons (Fsp3) is 0.167. The van der Waals surface area contributed by atoms with Crippen LogP contribution in [0.5, 0.6) is 0 Å². The number of aromatic nitrogens is 3. The molecule has 5 nitrogen and oxygen atoms in total. The molecule has 1 atom stereocenters. The molecule has 0 saturated heterocycles. The molecule has 0 fully saturated rings. The quantitative estimate of drug-likeness (QED) is 0.606. The monoisotopic (exact) mass is 426 g/mol. The molecular weight excluding hydrogens is 413 g/mol. The van der Waals surface area contributed by atoms with Gasteiger partial charge in [-0.1, -0.05) is 41.6 Å². The summed E-state index contributed by atoms with van der Waals surface area (Å²) in [4.78, 5) is 11.4. The number of nitrogens with zero attached hydrogens (tertiary/aromatic N) is 3. The van der Waals surface area contributed by atoms with Crippen molar-refractivity contribution >= 4 is 29.3 Å². The highest BCUT2D eigenvalue weighted by Crippen LogP contribution is 2.35. The molecule has 0 spiro atoms. The Morgan fingerprint density at radius 3 is 2.54 bits per heavy atom. The first-order valence-electron chi connectivity index (χ1n) is 8.02. The second-order valence-corrected chi connectivity index (χ2v) is 7.55. The number of alkyl halides is 3. The number of nitrogens with two attached hydrogens (primary N) is 1. The molecule has 2 aromatic carbocycles. The van der Waals surface area contributed by atoms with Gasteiger partial charge in [-0.25, -0.2) is 0 Å². The summed E-state index contributed by atoms with van der Waals surface area (Å²) in [5.74, 6) is -0.327. The van der Waals surface area contributed by atoms with Crippen LogP contribution in [-0.4, -0.2) is 25.9 Å². The minimum Gasteiger partial charge on any atom is -0.369 e. The highest BCUT2D eigenvalue weighted by Gasteiger charge is 2.31. The number of hydrogen-bond donors (Lipinski definition) is 1. The molecule has 1 heterocycles. The van der Waals surface area contributed by atoms with Crippen LogP contribution in [0, 0.1) is 0 Å². The first-order valence-corrected chi connectivity index (χ1v) is 9.28. The largest absolute Gasteiger partial charge is 0.416 e. The average molecular weight is 427 g/mol. The van der Waals surface area contributed by atoms with Crippen molar-refractivity contribution in [3.63, 3.8) is 0 Å². The molecule has 0 unspecified atom stereocenters. The number of rotatable bonds is 5. The maximum atomic E-state index is 13.2. The van der Waals surface area contributed by atoms with E-state index in [1.807, 2.05) is 0 Å². The molecule has 10 heteroatoms.